The fourth-order valence-corrected chi connectivity index (χ4v) is 3.11. The predicted molar refractivity (Wildman–Crippen MR) is 91.6 cm³/mol. The van der Waals surface area contributed by atoms with Crippen molar-refractivity contribution >= 4 is 11.9 Å². The largest absolute Gasteiger partial charge is 0.481 e. The van der Waals surface area contributed by atoms with E-state index in [0.29, 0.717) is 38.2 Å². The number of carbonyl (C=O) groups excluding carboxylic acids is 1. The number of piperidine rings is 1. The molecule has 0 unspecified atom stereocenters. The van der Waals surface area contributed by atoms with Crippen LogP contribution in [0.25, 0.3) is 5.69 Å². The summed E-state index contributed by atoms with van der Waals surface area (Å²) in [6.45, 7) is 2.68. The number of para-hydroxylation sites is 1. The Labute approximate surface area is 150 Å². The molecule has 1 aliphatic heterocycles. The molecule has 0 saturated carbocycles. The second-order valence-corrected chi connectivity index (χ2v) is 6.37. The van der Waals surface area contributed by atoms with Crippen molar-refractivity contribution in [2.45, 2.75) is 32.6 Å². The topological polar surface area (TPSA) is 88.3 Å². The second kappa shape index (κ2) is 7.63. The summed E-state index contributed by atoms with van der Waals surface area (Å²) in [5, 5.41) is 13.3. The molecule has 3 rings (SSSR count). The highest BCUT2D eigenvalue weighted by Crippen LogP contribution is 2.20. The van der Waals surface area contributed by atoms with E-state index in [1.54, 1.807) is 23.1 Å². The molecule has 1 aliphatic rings. The van der Waals surface area contributed by atoms with Crippen molar-refractivity contribution in [2.75, 3.05) is 13.1 Å². The minimum absolute atomic E-state index is 0.0190. The Balaban J connectivity index is 1.85. The van der Waals surface area contributed by atoms with Crippen LogP contribution < -0.4 is 0 Å². The highest BCUT2D eigenvalue weighted by molar-refractivity contribution is 5.90. The average Bonchev–Trinajstić information content (AvgIpc) is 3.05. The van der Waals surface area contributed by atoms with Gasteiger partial charge in [0.05, 0.1) is 5.92 Å². The molecule has 2 heterocycles. The summed E-state index contributed by atoms with van der Waals surface area (Å²) >= 11 is 0. The molecule has 8 heteroatoms. The molecule has 1 N–H and O–H groups in total. The SMILES string of the molecule is CCCc1nc(C(=O)N2CCC(C(=O)O)CC2)nn1-c1ccccc1F. The van der Waals surface area contributed by atoms with Crippen molar-refractivity contribution in [3.63, 3.8) is 0 Å². The maximum absolute atomic E-state index is 14.1. The number of nitrogens with zero attached hydrogens (tertiary/aromatic N) is 4. The number of likely N-dealkylation sites (tertiary alicyclic amines) is 1. The van der Waals surface area contributed by atoms with E-state index in [-0.39, 0.29) is 17.4 Å². The van der Waals surface area contributed by atoms with Crippen LogP contribution in [-0.4, -0.2) is 49.7 Å². The zero-order valence-corrected chi connectivity index (χ0v) is 14.6. The minimum atomic E-state index is -0.829. The van der Waals surface area contributed by atoms with E-state index in [4.69, 9.17) is 5.11 Å². The molecule has 1 fully saturated rings. The zero-order chi connectivity index (χ0) is 18.7. The normalized spacial score (nSPS) is 15.2. The first-order valence-corrected chi connectivity index (χ1v) is 8.74. The quantitative estimate of drug-likeness (QED) is 0.884. The Hall–Kier alpha value is -2.77. The Bertz CT molecular complexity index is 813. The lowest BCUT2D eigenvalue weighted by Crippen LogP contribution is -2.40. The third-order valence-electron chi connectivity index (χ3n) is 4.55. The van der Waals surface area contributed by atoms with E-state index >= 15 is 0 Å². The fraction of sp³-hybridized carbons (Fsp3) is 0.444. The van der Waals surface area contributed by atoms with Crippen molar-refractivity contribution in [3.8, 4) is 5.69 Å². The second-order valence-electron chi connectivity index (χ2n) is 6.37. The first-order valence-electron chi connectivity index (χ1n) is 8.74. The molecular weight excluding hydrogens is 339 g/mol. The fourth-order valence-electron chi connectivity index (χ4n) is 3.11. The monoisotopic (exact) mass is 360 g/mol. The van der Waals surface area contributed by atoms with Gasteiger partial charge in [0, 0.05) is 19.5 Å². The van der Waals surface area contributed by atoms with Crippen molar-refractivity contribution in [1.29, 1.82) is 0 Å². The molecule has 0 radical (unpaired) electrons. The van der Waals surface area contributed by atoms with Gasteiger partial charge < -0.3 is 10.0 Å². The lowest BCUT2D eigenvalue weighted by Gasteiger charge is -2.29. The van der Waals surface area contributed by atoms with Crippen LogP contribution in [0.15, 0.2) is 24.3 Å². The molecule has 2 aromatic rings. The highest BCUT2D eigenvalue weighted by atomic mass is 19.1. The lowest BCUT2D eigenvalue weighted by molar-refractivity contribution is -0.143. The number of aliphatic carboxylic acids is 1. The summed E-state index contributed by atoms with van der Waals surface area (Å²) in [6, 6.07) is 6.22. The summed E-state index contributed by atoms with van der Waals surface area (Å²) in [5.74, 6) is -1.48. The Morgan fingerprint density at radius 3 is 2.58 bits per heavy atom. The smallest absolute Gasteiger partial charge is 0.306 e. The number of aromatic nitrogens is 3. The number of hydrogen-bond acceptors (Lipinski definition) is 4. The van der Waals surface area contributed by atoms with E-state index in [0.717, 1.165) is 6.42 Å². The molecule has 0 aliphatic carbocycles. The van der Waals surface area contributed by atoms with Crippen molar-refractivity contribution in [2.24, 2.45) is 5.92 Å². The van der Waals surface area contributed by atoms with E-state index < -0.39 is 17.7 Å². The first-order chi connectivity index (χ1) is 12.5. The number of rotatable bonds is 5. The summed E-state index contributed by atoms with van der Waals surface area (Å²) in [4.78, 5) is 29.6. The van der Waals surface area contributed by atoms with Gasteiger partial charge in [-0.15, -0.1) is 5.10 Å². The van der Waals surface area contributed by atoms with Crippen LogP contribution in [0.5, 0.6) is 0 Å². The highest BCUT2D eigenvalue weighted by Gasteiger charge is 2.30. The molecule has 0 atom stereocenters. The van der Waals surface area contributed by atoms with Gasteiger partial charge in [-0.1, -0.05) is 19.1 Å². The Morgan fingerprint density at radius 2 is 1.96 bits per heavy atom. The number of amides is 1. The van der Waals surface area contributed by atoms with Gasteiger partial charge in [-0.05, 0) is 31.4 Å². The number of carboxylic acids is 1. The van der Waals surface area contributed by atoms with Gasteiger partial charge in [-0.2, -0.15) is 0 Å². The van der Waals surface area contributed by atoms with Gasteiger partial charge in [0.2, 0.25) is 5.82 Å². The summed E-state index contributed by atoms with van der Waals surface area (Å²) in [5.41, 5.74) is 0.257. The summed E-state index contributed by atoms with van der Waals surface area (Å²) in [6.07, 6.45) is 2.17. The van der Waals surface area contributed by atoms with E-state index in [1.165, 1.54) is 10.7 Å². The van der Waals surface area contributed by atoms with Crippen LogP contribution in [0.3, 0.4) is 0 Å². The van der Waals surface area contributed by atoms with Gasteiger partial charge in [-0.25, -0.2) is 14.1 Å². The van der Waals surface area contributed by atoms with Crippen LogP contribution in [0, 0.1) is 11.7 Å². The van der Waals surface area contributed by atoms with Gasteiger partial charge >= 0.3 is 5.97 Å². The molecule has 0 spiro atoms. The molecule has 26 heavy (non-hydrogen) atoms. The Morgan fingerprint density at radius 1 is 1.27 bits per heavy atom. The molecule has 1 aromatic heterocycles. The van der Waals surface area contributed by atoms with E-state index in [1.807, 2.05) is 6.92 Å². The minimum Gasteiger partial charge on any atom is -0.481 e. The molecule has 0 bridgehead atoms. The summed E-state index contributed by atoms with van der Waals surface area (Å²) < 4.78 is 15.5. The van der Waals surface area contributed by atoms with Crippen LogP contribution >= 0.6 is 0 Å². The standard InChI is InChI=1S/C18H21FN4O3/c1-2-5-15-20-16(21-23(15)14-7-4-3-6-13(14)19)17(24)22-10-8-12(9-11-22)18(25)26/h3-4,6-7,12H,2,5,8-11H2,1H3,(H,25,26). The van der Waals surface area contributed by atoms with Gasteiger partial charge in [0.15, 0.2) is 0 Å². The van der Waals surface area contributed by atoms with Crippen LogP contribution in [-0.2, 0) is 11.2 Å². The zero-order valence-electron chi connectivity index (χ0n) is 14.6. The Kier molecular flexibility index (Phi) is 5.29. The van der Waals surface area contributed by atoms with E-state index in [9.17, 15) is 14.0 Å². The maximum atomic E-state index is 14.1. The number of carbonyl (C=O) groups is 2. The van der Waals surface area contributed by atoms with Crippen molar-refractivity contribution < 1.29 is 19.1 Å². The third-order valence-corrected chi connectivity index (χ3v) is 4.55. The van der Waals surface area contributed by atoms with Crippen molar-refractivity contribution in [1.82, 2.24) is 19.7 Å². The van der Waals surface area contributed by atoms with Gasteiger partial charge in [0.25, 0.3) is 5.91 Å². The van der Waals surface area contributed by atoms with Crippen LogP contribution in [0.2, 0.25) is 0 Å². The number of halogens is 1. The first kappa shape index (κ1) is 18.0. The molecule has 7 nitrogen and oxygen atoms in total. The number of carboxylic acid groups (broad SMARTS) is 1. The van der Waals surface area contributed by atoms with Gasteiger partial charge in [0.1, 0.15) is 17.3 Å². The number of aryl methyl sites for hydroxylation is 1. The number of benzene rings is 1. The predicted octanol–water partition coefficient (Wildman–Crippen LogP) is 2.30. The van der Waals surface area contributed by atoms with E-state index in [2.05, 4.69) is 10.1 Å². The molecular formula is C18H21FN4O3. The van der Waals surface area contributed by atoms with Crippen LogP contribution in [0.4, 0.5) is 4.39 Å². The lowest BCUT2D eigenvalue weighted by atomic mass is 9.97. The summed E-state index contributed by atoms with van der Waals surface area (Å²) in [7, 11) is 0. The third kappa shape index (κ3) is 3.58. The van der Waals surface area contributed by atoms with Crippen LogP contribution in [0.1, 0.15) is 42.6 Å². The molecule has 1 amide bonds. The average molecular weight is 360 g/mol. The van der Waals surface area contributed by atoms with Crippen molar-refractivity contribution in [3.05, 3.63) is 41.7 Å². The van der Waals surface area contributed by atoms with Gasteiger partial charge in [-0.3, -0.25) is 9.59 Å². The molecule has 1 aromatic carbocycles. The number of hydrogen-bond donors (Lipinski definition) is 1. The molecule has 138 valence electrons. The maximum Gasteiger partial charge on any atom is 0.306 e. The molecule has 1 saturated heterocycles.